The van der Waals surface area contributed by atoms with Crippen molar-refractivity contribution in [2.75, 3.05) is 17.2 Å². The molecular formula is C15H15N3O2. The Balaban J connectivity index is 1.90. The Hall–Kier alpha value is -2.56. The third-order valence-corrected chi connectivity index (χ3v) is 3.71. The molecule has 0 atom stereocenters. The Morgan fingerprint density at radius 1 is 1.20 bits per heavy atom. The van der Waals surface area contributed by atoms with E-state index < -0.39 is 4.92 Å². The third-order valence-electron chi connectivity index (χ3n) is 3.71. The summed E-state index contributed by atoms with van der Waals surface area (Å²) in [5.74, 6) is 0. The number of nitro benzene ring substituents is 1. The molecule has 0 spiro atoms. The van der Waals surface area contributed by atoms with Crippen molar-refractivity contribution in [2.24, 2.45) is 0 Å². The summed E-state index contributed by atoms with van der Waals surface area (Å²) < 4.78 is 0. The van der Waals surface area contributed by atoms with Crippen LogP contribution in [0.15, 0.2) is 42.5 Å². The number of fused-ring (bicyclic) bond motifs is 1. The number of nitrogens with zero attached hydrogens (tertiary/aromatic N) is 2. The molecule has 3 rings (SSSR count). The van der Waals surface area contributed by atoms with Crippen LogP contribution in [0, 0.1) is 10.1 Å². The Kier molecular flexibility index (Phi) is 3.02. The van der Waals surface area contributed by atoms with E-state index in [-0.39, 0.29) is 11.4 Å². The highest BCUT2D eigenvalue weighted by molar-refractivity contribution is 5.65. The molecule has 0 aliphatic carbocycles. The summed E-state index contributed by atoms with van der Waals surface area (Å²) in [6, 6.07) is 13.2. The van der Waals surface area contributed by atoms with Gasteiger partial charge in [-0.05, 0) is 18.1 Å². The SMILES string of the molecule is Nc1c(CN2CCc3ccccc32)cccc1[N+](=O)[O-]. The standard InChI is InChI=1S/C15H15N3O2/c16-15-12(5-3-7-14(15)18(19)20)10-17-9-8-11-4-1-2-6-13(11)17/h1-7H,8-10,16H2. The van der Waals surface area contributed by atoms with Crippen LogP contribution in [0.25, 0.3) is 0 Å². The van der Waals surface area contributed by atoms with Gasteiger partial charge in [-0.2, -0.15) is 0 Å². The van der Waals surface area contributed by atoms with E-state index in [1.807, 2.05) is 18.2 Å². The fraction of sp³-hybridized carbons (Fsp3) is 0.200. The van der Waals surface area contributed by atoms with Gasteiger partial charge in [-0.1, -0.05) is 30.3 Å². The number of anilines is 2. The normalized spacial score (nSPS) is 13.3. The van der Waals surface area contributed by atoms with Crippen molar-refractivity contribution < 1.29 is 4.92 Å². The van der Waals surface area contributed by atoms with Crippen LogP contribution < -0.4 is 10.6 Å². The van der Waals surface area contributed by atoms with Gasteiger partial charge in [0.1, 0.15) is 5.69 Å². The molecule has 0 amide bonds. The van der Waals surface area contributed by atoms with Gasteiger partial charge < -0.3 is 10.6 Å². The number of rotatable bonds is 3. The molecule has 1 heterocycles. The third kappa shape index (κ3) is 2.07. The molecule has 2 N–H and O–H groups in total. The smallest absolute Gasteiger partial charge is 0.292 e. The molecule has 5 nitrogen and oxygen atoms in total. The topological polar surface area (TPSA) is 72.4 Å². The largest absolute Gasteiger partial charge is 0.393 e. The summed E-state index contributed by atoms with van der Waals surface area (Å²) >= 11 is 0. The van der Waals surface area contributed by atoms with Crippen LogP contribution in [0.5, 0.6) is 0 Å². The molecule has 0 saturated carbocycles. The van der Waals surface area contributed by atoms with E-state index in [0.29, 0.717) is 6.54 Å². The zero-order valence-corrected chi connectivity index (χ0v) is 11.0. The minimum absolute atomic E-state index is 0.0185. The maximum absolute atomic E-state index is 10.9. The molecule has 0 saturated heterocycles. The molecule has 0 radical (unpaired) electrons. The minimum Gasteiger partial charge on any atom is -0.393 e. The summed E-state index contributed by atoms with van der Waals surface area (Å²) in [4.78, 5) is 12.7. The van der Waals surface area contributed by atoms with Crippen LogP contribution in [0.4, 0.5) is 17.1 Å². The number of nitrogen functional groups attached to an aromatic ring is 1. The molecule has 0 bridgehead atoms. The monoisotopic (exact) mass is 269 g/mol. The van der Waals surface area contributed by atoms with Crippen LogP contribution in [-0.4, -0.2) is 11.5 Å². The Morgan fingerprint density at radius 3 is 2.80 bits per heavy atom. The lowest BCUT2D eigenvalue weighted by Crippen LogP contribution is -2.20. The first-order chi connectivity index (χ1) is 9.66. The van der Waals surface area contributed by atoms with Crippen molar-refractivity contribution in [3.63, 3.8) is 0 Å². The van der Waals surface area contributed by atoms with E-state index in [0.717, 1.165) is 18.5 Å². The number of hydrogen-bond acceptors (Lipinski definition) is 4. The van der Waals surface area contributed by atoms with E-state index in [2.05, 4.69) is 17.0 Å². The minimum atomic E-state index is -0.434. The fourth-order valence-corrected chi connectivity index (χ4v) is 2.67. The lowest BCUT2D eigenvalue weighted by molar-refractivity contribution is -0.383. The van der Waals surface area contributed by atoms with Gasteiger partial charge in [0.2, 0.25) is 0 Å². The van der Waals surface area contributed by atoms with Gasteiger partial charge in [-0.15, -0.1) is 0 Å². The highest BCUT2D eigenvalue weighted by atomic mass is 16.6. The van der Waals surface area contributed by atoms with Gasteiger partial charge in [-0.3, -0.25) is 10.1 Å². The maximum Gasteiger partial charge on any atom is 0.292 e. The lowest BCUT2D eigenvalue weighted by Gasteiger charge is -2.20. The average Bonchev–Trinajstić information content (AvgIpc) is 2.84. The summed E-state index contributed by atoms with van der Waals surface area (Å²) in [7, 11) is 0. The second-order valence-electron chi connectivity index (χ2n) is 4.91. The molecule has 0 unspecified atom stereocenters. The summed E-state index contributed by atoms with van der Waals surface area (Å²) in [5, 5.41) is 10.9. The predicted molar refractivity (Wildman–Crippen MR) is 78.7 cm³/mol. The summed E-state index contributed by atoms with van der Waals surface area (Å²) in [5.41, 5.74) is 9.47. The zero-order valence-electron chi connectivity index (χ0n) is 11.0. The van der Waals surface area contributed by atoms with Crippen molar-refractivity contribution in [1.29, 1.82) is 0 Å². The highest BCUT2D eigenvalue weighted by Gasteiger charge is 2.21. The van der Waals surface area contributed by atoms with Gasteiger partial charge in [0, 0.05) is 30.4 Å². The first-order valence-electron chi connectivity index (χ1n) is 6.51. The van der Waals surface area contributed by atoms with Gasteiger partial charge in [0.15, 0.2) is 0 Å². The first kappa shape index (κ1) is 12.5. The van der Waals surface area contributed by atoms with E-state index in [9.17, 15) is 10.1 Å². The fourth-order valence-electron chi connectivity index (χ4n) is 2.67. The summed E-state index contributed by atoms with van der Waals surface area (Å²) in [6.07, 6.45) is 1.00. The van der Waals surface area contributed by atoms with Crippen molar-refractivity contribution in [2.45, 2.75) is 13.0 Å². The number of benzene rings is 2. The van der Waals surface area contributed by atoms with Crippen LogP contribution >= 0.6 is 0 Å². The molecule has 0 fully saturated rings. The first-order valence-corrected chi connectivity index (χ1v) is 6.51. The van der Waals surface area contributed by atoms with Crippen molar-refractivity contribution >= 4 is 17.1 Å². The quantitative estimate of drug-likeness (QED) is 0.528. The predicted octanol–water partition coefficient (Wildman–Crippen LogP) is 2.74. The Labute approximate surface area is 116 Å². The van der Waals surface area contributed by atoms with E-state index in [1.54, 1.807) is 6.07 Å². The van der Waals surface area contributed by atoms with Crippen molar-refractivity contribution in [3.8, 4) is 0 Å². The molecule has 1 aliphatic heterocycles. The molecule has 1 aliphatic rings. The molecule has 5 heteroatoms. The molecule has 102 valence electrons. The molecule has 0 aromatic heterocycles. The average molecular weight is 269 g/mol. The second-order valence-corrected chi connectivity index (χ2v) is 4.91. The van der Waals surface area contributed by atoms with Gasteiger partial charge in [-0.25, -0.2) is 0 Å². The van der Waals surface area contributed by atoms with Gasteiger partial charge in [0.25, 0.3) is 5.69 Å². The van der Waals surface area contributed by atoms with Crippen LogP contribution in [0.1, 0.15) is 11.1 Å². The molecular weight excluding hydrogens is 254 g/mol. The zero-order chi connectivity index (χ0) is 14.1. The van der Waals surface area contributed by atoms with E-state index in [4.69, 9.17) is 5.73 Å². The number of para-hydroxylation sites is 2. The highest BCUT2D eigenvalue weighted by Crippen LogP contribution is 2.32. The van der Waals surface area contributed by atoms with Crippen LogP contribution in [-0.2, 0) is 13.0 Å². The van der Waals surface area contributed by atoms with Crippen molar-refractivity contribution in [3.05, 3.63) is 63.7 Å². The van der Waals surface area contributed by atoms with Gasteiger partial charge in [0.05, 0.1) is 4.92 Å². The molecule has 2 aromatic rings. The molecule has 2 aromatic carbocycles. The van der Waals surface area contributed by atoms with Crippen LogP contribution in [0.3, 0.4) is 0 Å². The lowest BCUT2D eigenvalue weighted by atomic mass is 10.1. The Morgan fingerprint density at radius 2 is 2.00 bits per heavy atom. The molecule has 20 heavy (non-hydrogen) atoms. The Bertz CT molecular complexity index is 670. The maximum atomic E-state index is 10.9. The van der Waals surface area contributed by atoms with Gasteiger partial charge >= 0.3 is 0 Å². The number of nitrogens with two attached hydrogens (primary N) is 1. The van der Waals surface area contributed by atoms with E-state index in [1.165, 1.54) is 17.3 Å². The number of hydrogen-bond donors (Lipinski definition) is 1. The van der Waals surface area contributed by atoms with E-state index >= 15 is 0 Å². The van der Waals surface area contributed by atoms with Crippen molar-refractivity contribution in [1.82, 2.24) is 0 Å². The summed E-state index contributed by atoms with van der Waals surface area (Å²) in [6.45, 7) is 1.52. The van der Waals surface area contributed by atoms with Crippen LogP contribution in [0.2, 0.25) is 0 Å². The second kappa shape index (κ2) is 4.85. The number of nitro groups is 1.